The van der Waals surface area contributed by atoms with E-state index in [-0.39, 0.29) is 31.2 Å². The van der Waals surface area contributed by atoms with Crippen LogP contribution < -0.4 is 5.32 Å². The van der Waals surface area contributed by atoms with Crippen LogP contribution >= 0.6 is 0 Å². The van der Waals surface area contributed by atoms with Crippen LogP contribution in [0.15, 0.2) is 30.5 Å². The van der Waals surface area contributed by atoms with E-state index in [2.05, 4.69) is 20.7 Å². The molecule has 2 heterocycles. The summed E-state index contributed by atoms with van der Waals surface area (Å²) in [6.45, 7) is 3.52. The maximum Gasteiger partial charge on any atom is 0.325 e. The number of benzene rings is 1. The first-order chi connectivity index (χ1) is 13.3. The van der Waals surface area contributed by atoms with Crippen LogP contribution in [0.5, 0.6) is 0 Å². The summed E-state index contributed by atoms with van der Waals surface area (Å²) in [4.78, 5) is 23.0. The van der Waals surface area contributed by atoms with E-state index in [9.17, 15) is 14.0 Å². The number of aromatic nitrogens is 5. The lowest BCUT2D eigenvalue weighted by Crippen LogP contribution is -2.25. The molecular weight excluding hydrogens is 367 g/mol. The summed E-state index contributed by atoms with van der Waals surface area (Å²) < 4.78 is 16.0. The molecular formula is C18H19FN6O3. The number of nitrogens with zero attached hydrogens (tertiary/aromatic N) is 5. The quantitative estimate of drug-likeness (QED) is 0.630. The van der Waals surface area contributed by atoms with Crippen LogP contribution in [0.1, 0.15) is 22.6 Å². The summed E-state index contributed by atoms with van der Waals surface area (Å²) in [6, 6.07) is 5.96. The molecule has 0 radical (unpaired) electrons. The fraction of sp³-hybridized carbons (Fsp3) is 0.278. The molecule has 3 aromatic rings. The Kier molecular flexibility index (Phi) is 5.48. The second kappa shape index (κ2) is 7.99. The Hall–Kier alpha value is -3.56. The number of hydrogen-bond acceptors (Lipinski definition) is 5. The van der Waals surface area contributed by atoms with Gasteiger partial charge in [0.2, 0.25) is 5.91 Å². The third kappa shape index (κ3) is 4.40. The number of carbonyl (C=O) groups excluding carboxylic acids is 1. The standard InChI is InChI=1S/C18H19FN6O3/c1-11-16(12(2)25(22-11)15-5-3-13(19)4-6-15)7-17(26)20-8-14-9-24(23-21-14)10-18(27)28/h3-6,9H,7-8,10H2,1-2H3,(H,20,26)(H,27,28). The van der Waals surface area contributed by atoms with Crippen molar-refractivity contribution in [3.05, 3.63) is 58.9 Å². The van der Waals surface area contributed by atoms with Gasteiger partial charge in [0.1, 0.15) is 18.1 Å². The lowest BCUT2D eigenvalue weighted by Gasteiger charge is -2.06. The first kappa shape index (κ1) is 19.2. The van der Waals surface area contributed by atoms with E-state index in [4.69, 9.17) is 5.11 Å². The molecule has 0 fully saturated rings. The Morgan fingerprint density at radius 1 is 1.21 bits per heavy atom. The van der Waals surface area contributed by atoms with E-state index in [1.807, 2.05) is 13.8 Å². The Labute approximate surface area is 159 Å². The third-order valence-electron chi connectivity index (χ3n) is 4.20. The Morgan fingerprint density at radius 3 is 2.61 bits per heavy atom. The summed E-state index contributed by atoms with van der Waals surface area (Å²) in [7, 11) is 0. The van der Waals surface area contributed by atoms with Crippen LogP contribution in [0.3, 0.4) is 0 Å². The number of rotatable bonds is 7. The second-order valence-corrected chi connectivity index (χ2v) is 6.29. The zero-order valence-electron chi connectivity index (χ0n) is 15.4. The molecule has 1 aromatic carbocycles. The molecule has 0 aliphatic heterocycles. The van der Waals surface area contributed by atoms with Crippen molar-refractivity contribution < 1.29 is 19.1 Å². The molecule has 2 N–H and O–H groups in total. The molecule has 2 aromatic heterocycles. The van der Waals surface area contributed by atoms with Crippen LogP contribution in [0.2, 0.25) is 0 Å². The lowest BCUT2D eigenvalue weighted by molar-refractivity contribution is -0.138. The average Bonchev–Trinajstić information content (AvgIpc) is 3.19. The number of carboxylic acids is 1. The zero-order valence-corrected chi connectivity index (χ0v) is 15.4. The third-order valence-corrected chi connectivity index (χ3v) is 4.20. The maximum absolute atomic E-state index is 13.1. The number of carbonyl (C=O) groups is 2. The molecule has 146 valence electrons. The number of carboxylic acid groups (broad SMARTS) is 1. The predicted molar refractivity (Wildman–Crippen MR) is 96.2 cm³/mol. The van der Waals surface area contributed by atoms with Crippen LogP contribution in [0, 0.1) is 19.7 Å². The van der Waals surface area contributed by atoms with E-state index in [0.29, 0.717) is 17.1 Å². The molecule has 0 aliphatic carbocycles. The SMILES string of the molecule is Cc1nn(-c2ccc(F)cc2)c(C)c1CC(=O)NCc1cn(CC(=O)O)nn1. The van der Waals surface area contributed by atoms with Crippen molar-refractivity contribution in [3.8, 4) is 5.69 Å². The number of halogens is 1. The van der Waals surface area contributed by atoms with Crippen molar-refractivity contribution in [2.45, 2.75) is 33.4 Å². The summed E-state index contributed by atoms with van der Waals surface area (Å²) in [5.74, 6) is -1.58. The van der Waals surface area contributed by atoms with Gasteiger partial charge >= 0.3 is 5.97 Å². The molecule has 3 rings (SSSR count). The van der Waals surface area contributed by atoms with Gasteiger partial charge in [-0.25, -0.2) is 13.8 Å². The van der Waals surface area contributed by atoms with Crippen molar-refractivity contribution in [1.29, 1.82) is 0 Å². The first-order valence-electron chi connectivity index (χ1n) is 8.52. The van der Waals surface area contributed by atoms with E-state index in [1.165, 1.54) is 23.0 Å². The Balaban J connectivity index is 1.65. The normalized spacial score (nSPS) is 10.8. The minimum atomic E-state index is -1.02. The lowest BCUT2D eigenvalue weighted by atomic mass is 10.1. The number of aryl methyl sites for hydroxylation is 1. The van der Waals surface area contributed by atoms with Gasteiger partial charge in [-0.3, -0.25) is 9.59 Å². The molecule has 9 nitrogen and oxygen atoms in total. The largest absolute Gasteiger partial charge is 0.480 e. The van der Waals surface area contributed by atoms with Gasteiger partial charge in [-0.2, -0.15) is 5.10 Å². The predicted octanol–water partition coefficient (Wildman–Crippen LogP) is 1.16. The van der Waals surface area contributed by atoms with Crippen LogP contribution in [-0.2, 0) is 29.1 Å². The fourth-order valence-electron chi connectivity index (χ4n) is 2.81. The van der Waals surface area contributed by atoms with Crippen LogP contribution in [-0.4, -0.2) is 41.8 Å². The van der Waals surface area contributed by atoms with E-state index in [1.54, 1.807) is 16.8 Å². The van der Waals surface area contributed by atoms with Crippen LogP contribution in [0.4, 0.5) is 4.39 Å². The maximum atomic E-state index is 13.1. The van der Waals surface area contributed by atoms with Crippen molar-refractivity contribution in [2.75, 3.05) is 0 Å². The van der Waals surface area contributed by atoms with Crippen LogP contribution in [0.25, 0.3) is 5.69 Å². The molecule has 0 atom stereocenters. The first-order valence-corrected chi connectivity index (χ1v) is 8.52. The van der Waals surface area contributed by atoms with E-state index in [0.717, 1.165) is 11.3 Å². The monoisotopic (exact) mass is 386 g/mol. The summed E-state index contributed by atoms with van der Waals surface area (Å²) in [5, 5.41) is 23.4. The van der Waals surface area contributed by atoms with Crippen molar-refractivity contribution in [3.63, 3.8) is 0 Å². The highest BCUT2D eigenvalue weighted by Crippen LogP contribution is 2.18. The zero-order chi connectivity index (χ0) is 20.3. The van der Waals surface area contributed by atoms with Gasteiger partial charge in [-0.15, -0.1) is 5.10 Å². The van der Waals surface area contributed by atoms with Gasteiger partial charge in [0, 0.05) is 11.3 Å². The molecule has 0 saturated carbocycles. The van der Waals surface area contributed by atoms with Gasteiger partial charge in [0.15, 0.2) is 0 Å². The Morgan fingerprint density at radius 2 is 1.93 bits per heavy atom. The van der Waals surface area contributed by atoms with Gasteiger partial charge in [0.05, 0.1) is 30.5 Å². The highest BCUT2D eigenvalue weighted by molar-refractivity contribution is 5.79. The van der Waals surface area contributed by atoms with Crippen molar-refractivity contribution in [2.24, 2.45) is 0 Å². The summed E-state index contributed by atoms with van der Waals surface area (Å²) >= 11 is 0. The van der Waals surface area contributed by atoms with Crippen molar-refractivity contribution >= 4 is 11.9 Å². The van der Waals surface area contributed by atoms with Gasteiger partial charge in [0.25, 0.3) is 0 Å². The Bertz CT molecular complexity index is 1010. The molecule has 0 unspecified atom stereocenters. The molecule has 0 spiro atoms. The average molecular weight is 386 g/mol. The highest BCUT2D eigenvalue weighted by Gasteiger charge is 2.16. The summed E-state index contributed by atoms with van der Waals surface area (Å²) in [6.07, 6.45) is 1.60. The number of aliphatic carboxylic acids is 1. The topological polar surface area (TPSA) is 115 Å². The molecule has 28 heavy (non-hydrogen) atoms. The number of nitrogens with one attached hydrogen (secondary N) is 1. The molecule has 0 bridgehead atoms. The smallest absolute Gasteiger partial charge is 0.325 e. The van der Waals surface area contributed by atoms with E-state index < -0.39 is 5.97 Å². The minimum Gasteiger partial charge on any atom is -0.480 e. The molecule has 0 saturated heterocycles. The van der Waals surface area contributed by atoms with Gasteiger partial charge in [-0.1, -0.05) is 5.21 Å². The van der Waals surface area contributed by atoms with Crippen molar-refractivity contribution in [1.82, 2.24) is 30.1 Å². The molecule has 10 heteroatoms. The minimum absolute atomic E-state index is 0.127. The highest BCUT2D eigenvalue weighted by atomic mass is 19.1. The van der Waals surface area contributed by atoms with E-state index >= 15 is 0 Å². The molecule has 1 amide bonds. The summed E-state index contributed by atoms with van der Waals surface area (Å²) in [5.41, 5.74) is 3.47. The second-order valence-electron chi connectivity index (χ2n) is 6.29. The fourth-order valence-corrected chi connectivity index (χ4v) is 2.81. The van der Waals surface area contributed by atoms with Gasteiger partial charge < -0.3 is 10.4 Å². The number of amides is 1. The number of hydrogen-bond donors (Lipinski definition) is 2. The van der Waals surface area contributed by atoms with Gasteiger partial charge in [-0.05, 0) is 38.1 Å². The molecule has 0 aliphatic rings.